The second-order valence-corrected chi connectivity index (χ2v) is 5.87. The van der Waals surface area contributed by atoms with Gasteiger partial charge in [0.1, 0.15) is 0 Å². The number of allylic oxidation sites excluding steroid dienone is 16. The molecule has 1 radical (unpaired) electrons. The van der Waals surface area contributed by atoms with Crippen molar-refractivity contribution in [3.8, 4) is 0 Å². The Bertz CT molecular complexity index is 493. The molecule has 0 unspecified atom stereocenters. The molecule has 0 aromatic heterocycles. The summed E-state index contributed by atoms with van der Waals surface area (Å²) in [6.07, 6.45) is 33.3. The van der Waals surface area contributed by atoms with Crippen LogP contribution in [0.15, 0.2) is 70.9 Å². The Hall–Kier alpha value is -0.976. The van der Waals surface area contributed by atoms with E-state index in [1.54, 1.807) is 0 Å². The van der Waals surface area contributed by atoms with Crippen molar-refractivity contribution in [2.75, 3.05) is 0 Å². The van der Waals surface area contributed by atoms with Gasteiger partial charge in [-0.05, 0) is 0 Å². The summed E-state index contributed by atoms with van der Waals surface area (Å²) >= 11 is 0. The first-order valence-electron chi connectivity index (χ1n) is 8.54. The predicted octanol–water partition coefficient (Wildman–Crippen LogP) is 6.78. The Morgan fingerprint density at radius 3 is 0.720 bits per heavy atom. The third-order valence-electron chi connectivity index (χ3n) is 3.47. The topological polar surface area (TPSA) is 0 Å². The quantitative estimate of drug-likeness (QED) is 0.390. The van der Waals surface area contributed by atoms with E-state index in [1.165, 1.54) is 22.3 Å². The summed E-state index contributed by atoms with van der Waals surface area (Å²) in [5, 5.41) is 0. The summed E-state index contributed by atoms with van der Waals surface area (Å²) in [7, 11) is 0. The van der Waals surface area contributed by atoms with Gasteiger partial charge in [-0.25, -0.2) is 46.6 Å². The molecule has 0 heterocycles. The van der Waals surface area contributed by atoms with E-state index in [1.807, 2.05) is 0 Å². The molecule has 25 heavy (non-hydrogen) atoms. The van der Waals surface area contributed by atoms with Gasteiger partial charge in [0.25, 0.3) is 0 Å². The molecular formula is C24H28Y-4. The van der Waals surface area contributed by atoms with Crippen LogP contribution in [-0.2, 0) is 32.7 Å². The Kier molecular flexibility index (Phi) is 14.7. The molecule has 0 N–H and O–H groups in total. The maximum Gasteiger partial charge on any atom is 0 e. The molecule has 0 spiro atoms. The third-order valence-corrected chi connectivity index (χ3v) is 3.47. The fourth-order valence-electron chi connectivity index (χ4n) is 2.06. The van der Waals surface area contributed by atoms with Gasteiger partial charge in [0.05, 0.1) is 0 Å². The van der Waals surface area contributed by atoms with E-state index >= 15 is 0 Å². The second kappa shape index (κ2) is 15.3. The fraction of sp³-hybridized carbons (Fsp3) is 0.333. The van der Waals surface area contributed by atoms with Crippen molar-refractivity contribution in [3.05, 3.63) is 95.2 Å². The minimum absolute atomic E-state index is 0. The van der Waals surface area contributed by atoms with E-state index in [9.17, 15) is 0 Å². The zero-order valence-electron chi connectivity index (χ0n) is 16.0. The first kappa shape index (κ1) is 24.0. The fourth-order valence-corrected chi connectivity index (χ4v) is 2.06. The van der Waals surface area contributed by atoms with E-state index in [0.29, 0.717) is 0 Å². The van der Waals surface area contributed by atoms with Gasteiger partial charge in [-0.2, -0.15) is 24.3 Å². The molecule has 0 aromatic rings. The molecule has 1 heteroatoms. The second-order valence-electron chi connectivity index (χ2n) is 5.87. The van der Waals surface area contributed by atoms with Crippen LogP contribution >= 0.6 is 0 Å². The van der Waals surface area contributed by atoms with E-state index in [0.717, 1.165) is 25.7 Å². The molecule has 0 aromatic carbocycles. The van der Waals surface area contributed by atoms with Crippen LogP contribution in [0.1, 0.15) is 53.4 Å². The van der Waals surface area contributed by atoms with Crippen molar-refractivity contribution in [3.63, 3.8) is 0 Å². The normalized spacial score (nSPS) is 17.8. The zero-order valence-corrected chi connectivity index (χ0v) is 18.9. The molecule has 4 aliphatic carbocycles. The molecule has 0 atom stereocenters. The number of hydrogen-bond acceptors (Lipinski definition) is 0. The maximum absolute atomic E-state index is 3.12. The largest absolute Gasteiger partial charge is 0.270 e. The van der Waals surface area contributed by atoms with Gasteiger partial charge in [-0.15, -0.1) is 25.7 Å². The summed E-state index contributed by atoms with van der Waals surface area (Å²) < 4.78 is 0. The predicted molar refractivity (Wildman–Crippen MR) is 105 cm³/mol. The van der Waals surface area contributed by atoms with Gasteiger partial charge < -0.3 is 0 Å². The van der Waals surface area contributed by atoms with Crippen LogP contribution in [0.3, 0.4) is 0 Å². The van der Waals surface area contributed by atoms with Crippen LogP contribution in [0.4, 0.5) is 0 Å². The molecule has 0 nitrogen and oxygen atoms in total. The van der Waals surface area contributed by atoms with E-state index in [-0.39, 0.29) is 32.7 Å². The van der Waals surface area contributed by atoms with Crippen LogP contribution in [-0.4, -0.2) is 0 Å². The van der Waals surface area contributed by atoms with Crippen molar-refractivity contribution in [2.45, 2.75) is 53.4 Å². The van der Waals surface area contributed by atoms with E-state index in [2.05, 4.69) is 101 Å². The number of hydrogen-bond donors (Lipinski definition) is 0. The average Bonchev–Trinajstić information content (AvgIpc) is 3.31. The van der Waals surface area contributed by atoms with Crippen LogP contribution < -0.4 is 0 Å². The van der Waals surface area contributed by atoms with Crippen LogP contribution in [0, 0.1) is 24.3 Å². The Balaban J connectivity index is 0.000000303. The maximum atomic E-state index is 3.12. The van der Waals surface area contributed by atoms with Gasteiger partial charge in [0, 0.05) is 32.7 Å². The van der Waals surface area contributed by atoms with Crippen molar-refractivity contribution in [1.29, 1.82) is 0 Å². The first-order valence-corrected chi connectivity index (χ1v) is 8.54. The minimum Gasteiger partial charge on any atom is -0.270 e. The molecule has 0 saturated heterocycles. The van der Waals surface area contributed by atoms with Gasteiger partial charge in [0.2, 0.25) is 0 Å². The van der Waals surface area contributed by atoms with Crippen molar-refractivity contribution in [2.24, 2.45) is 0 Å². The molecule has 0 bridgehead atoms. The molecule has 0 fully saturated rings. The summed E-state index contributed by atoms with van der Waals surface area (Å²) in [5.41, 5.74) is 5.09. The Morgan fingerprint density at radius 1 is 0.480 bits per heavy atom. The van der Waals surface area contributed by atoms with Crippen molar-refractivity contribution in [1.82, 2.24) is 0 Å². The van der Waals surface area contributed by atoms with E-state index in [4.69, 9.17) is 0 Å². The average molecular weight is 405 g/mol. The van der Waals surface area contributed by atoms with Gasteiger partial charge >= 0.3 is 0 Å². The Labute approximate surface area is 180 Å². The van der Waals surface area contributed by atoms with E-state index < -0.39 is 0 Å². The molecule has 4 rings (SSSR count). The summed E-state index contributed by atoms with van der Waals surface area (Å²) in [6, 6.07) is 0. The molecule has 131 valence electrons. The first-order chi connectivity index (χ1) is 11.6. The number of rotatable bonds is 0. The molecule has 4 aliphatic rings. The third kappa shape index (κ3) is 13.9. The zero-order chi connectivity index (χ0) is 17.6. The van der Waals surface area contributed by atoms with Gasteiger partial charge in [0.15, 0.2) is 0 Å². The summed E-state index contributed by atoms with van der Waals surface area (Å²) in [4.78, 5) is 0. The molecular weight excluding hydrogens is 377 g/mol. The van der Waals surface area contributed by atoms with Crippen LogP contribution in [0.25, 0.3) is 0 Å². The van der Waals surface area contributed by atoms with Crippen molar-refractivity contribution < 1.29 is 32.7 Å². The SMILES string of the molecule is CC1=[C-]CC=C1.CC1=[C-]CC=C1.CC1=[C-]CC=C1.CC1=[C-]CC=C1.[Y]. The monoisotopic (exact) mass is 405 g/mol. The molecule has 0 saturated carbocycles. The van der Waals surface area contributed by atoms with Gasteiger partial charge in [-0.1, -0.05) is 27.7 Å². The van der Waals surface area contributed by atoms with Crippen LogP contribution in [0.2, 0.25) is 0 Å². The Morgan fingerprint density at radius 2 is 0.680 bits per heavy atom. The van der Waals surface area contributed by atoms with Crippen LogP contribution in [0.5, 0.6) is 0 Å². The van der Waals surface area contributed by atoms with Crippen molar-refractivity contribution >= 4 is 0 Å². The summed E-state index contributed by atoms with van der Waals surface area (Å²) in [5.74, 6) is 0. The minimum atomic E-state index is 0. The standard InChI is InChI=1S/4C6H7.Y/c4*1-6-4-2-3-5-6;/h4*2,4H,3H2,1H3;/q4*-1;. The molecule has 0 amide bonds. The molecule has 0 aliphatic heterocycles. The smallest absolute Gasteiger partial charge is 0 e. The summed E-state index contributed by atoms with van der Waals surface area (Å²) in [6.45, 7) is 8.24. The van der Waals surface area contributed by atoms with Gasteiger partial charge in [-0.3, -0.25) is 24.3 Å².